The van der Waals surface area contributed by atoms with Gasteiger partial charge in [-0.05, 0) is 31.4 Å². The van der Waals surface area contributed by atoms with Crippen LogP contribution >= 0.6 is 0 Å². The largest absolute Gasteiger partial charge is 0.479 e. The van der Waals surface area contributed by atoms with Crippen molar-refractivity contribution in [2.75, 3.05) is 6.61 Å². The predicted molar refractivity (Wildman–Crippen MR) is 119 cm³/mol. The molecule has 4 atom stereocenters. The van der Waals surface area contributed by atoms with Gasteiger partial charge in [0.15, 0.2) is 18.2 Å². The maximum Gasteiger partial charge on any atom is 0.341 e. The number of ether oxygens (including phenoxy) is 2. The standard InChI is InChI=1S/C26H31FO4/c1-4-5-14-23-21(18-10-7-6-8-11-18)15-20(17(2)3)25(31-23)19-12-9-13-22(27)26(19)30-16-24(28)29/h6-13,20-21,23,25H,2,4-5,14-16H2,1,3H3,(H,28,29)/t20-,21-,23+,25-/m1/s1. The van der Waals surface area contributed by atoms with Crippen molar-refractivity contribution in [3.63, 3.8) is 0 Å². The fraction of sp³-hybridized carbons (Fsp3) is 0.423. The van der Waals surface area contributed by atoms with Crippen molar-refractivity contribution in [3.05, 3.63) is 77.6 Å². The topological polar surface area (TPSA) is 55.8 Å². The second-order valence-electron chi connectivity index (χ2n) is 8.28. The highest BCUT2D eigenvalue weighted by atomic mass is 19.1. The minimum absolute atomic E-state index is 0.0291. The molecule has 2 aromatic carbocycles. The second kappa shape index (κ2) is 10.6. The van der Waals surface area contributed by atoms with Gasteiger partial charge in [-0.25, -0.2) is 9.18 Å². The summed E-state index contributed by atoms with van der Waals surface area (Å²) >= 11 is 0. The number of carboxylic acids is 1. The summed E-state index contributed by atoms with van der Waals surface area (Å²) in [5, 5.41) is 9.01. The van der Waals surface area contributed by atoms with Crippen molar-refractivity contribution < 1.29 is 23.8 Å². The monoisotopic (exact) mass is 426 g/mol. The molecule has 2 aromatic rings. The van der Waals surface area contributed by atoms with E-state index in [0.29, 0.717) is 5.56 Å². The van der Waals surface area contributed by atoms with Gasteiger partial charge in [0, 0.05) is 17.4 Å². The Kier molecular flexibility index (Phi) is 7.85. The predicted octanol–water partition coefficient (Wildman–Crippen LogP) is 6.29. The summed E-state index contributed by atoms with van der Waals surface area (Å²) in [6.07, 6.45) is 3.34. The highest BCUT2D eigenvalue weighted by Crippen LogP contribution is 2.49. The van der Waals surface area contributed by atoms with Gasteiger partial charge in [0.05, 0.1) is 12.2 Å². The van der Waals surface area contributed by atoms with Crippen LogP contribution < -0.4 is 4.74 Å². The number of para-hydroxylation sites is 1. The average molecular weight is 427 g/mol. The third-order valence-corrected chi connectivity index (χ3v) is 5.99. The molecule has 4 nitrogen and oxygen atoms in total. The summed E-state index contributed by atoms with van der Waals surface area (Å²) in [7, 11) is 0. The zero-order valence-electron chi connectivity index (χ0n) is 18.2. The van der Waals surface area contributed by atoms with Crippen LogP contribution in [0, 0.1) is 11.7 Å². The number of carbonyl (C=O) groups is 1. The molecule has 0 radical (unpaired) electrons. The van der Waals surface area contributed by atoms with Crippen molar-refractivity contribution in [1.82, 2.24) is 0 Å². The van der Waals surface area contributed by atoms with Crippen LogP contribution in [0.25, 0.3) is 0 Å². The smallest absolute Gasteiger partial charge is 0.341 e. The molecule has 166 valence electrons. The van der Waals surface area contributed by atoms with Crippen molar-refractivity contribution in [2.45, 2.75) is 57.7 Å². The number of benzene rings is 2. The van der Waals surface area contributed by atoms with Gasteiger partial charge in [-0.3, -0.25) is 0 Å². The highest BCUT2D eigenvalue weighted by Gasteiger charge is 2.40. The molecule has 3 rings (SSSR count). The first-order valence-corrected chi connectivity index (χ1v) is 10.9. The van der Waals surface area contributed by atoms with Gasteiger partial charge in [0.1, 0.15) is 0 Å². The number of carboxylic acid groups (broad SMARTS) is 1. The number of halogens is 1. The van der Waals surface area contributed by atoms with E-state index in [9.17, 15) is 9.18 Å². The number of hydrogen-bond donors (Lipinski definition) is 1. The van der Waals surface area contributed by atoms with E-state index in [-0.39, 0.29) is 23.7 Å². The average Bonchev–Trinajstić information content (AvgIpc) is 2.76. The Morgan fingerprint density at radius 2 is 1.97 bits per heavy atom. The van der Waals surface area contributed by atoms with Gasteiger partial charge in [-0.2, -0.15) is 0 Å². The summed E-state index contributed by atoms with van der Waals surface area (Å²) in [6.45, 7) is 7.70. The summed E-state index contributed by atoms with van der Waals surface area (Å²) in [5.74, 6) is -1.62. The van der Waals surface area contributed by atoms with Crippen molar-refractivity contribution >= 4 is 5.97 Å². The summed E-state index contributed by atoms with van der Waals surface area (Å²) in [6, 6.07) is 15.0. The fourth-order valence-electron chi connectivity index (χ4n) is 4.44. The summed E-state index contributed by atoms with van der Waals surface area (Å²) in [4.78, 5) is 11.0. The van der Waals surface area contributed by atoms with E-state index in [4.69, 9.17) is 14.6 Å². The lowest BCUT2D eigenvalue weighted by Gasteiger charge is -2.43. The van der Waals surface area contributed by atoms with Gasteiger partial charge >= 0.3 is 5.97 Å². The van der Waals surface area contributed by atoms with Gasteiger partial charge in [0.2, 0.25) is 0 Å². The minimum Gasteiger partial charge on any atom is -0.479 e. The molecule has 0 aliphatic carbocycles. The minimum atomic E-state index is -1.15. The lowest BCUT2D eigenvalue weighted by molar-refractivity contribution is -0.139. The maximum atomic E-state index is 14.6. The number of unbranched alkanes of at least 4 members (excludes halogenated alkanes) is 1. The molecule has 0 aromatic heterocycles. The molecule has 5 heteroatoms. The van der Waals surface area contributed by atoms with Crippen LogP contribution in [0.1, 0.15) is 62.7 Å². The number of rotatable bonds is 9. The van der Waals surface area contributed by atoms with Crippen LogP contribution in [-0.2, 0) is 9.53 Å². The molecule has 1 aliphatic rings. The van der Waals surface area contributed by atoms with Crippen molar-refractivity contribution in [3.8, 4) is 5.75 Å². The number of aliphatic carboxylic acids is 1. The molecule has 0 bridgehead atoms. The maximum absolute atomic E-state index is 14.6. The Labute approximate surface area is 183 Å². The van der Waals surface area contributed by atoms with E-state index in [1.54, 1.807) is 12.1 Å². The quantitative estimate of drug-likeness (QED) is 0.479. The molecular formula is C26H31FO4. The third kappa shape index (κ3) is 5.53. The first-order chi connectivity index (χ1) is 14.9. The first-order valence-electron chi connectivity index (χ1n) is 10.9. The molecule has 0 amide bonds. The molecular weight excluding hydrogens is 395 g/mol. The van der Waals surface area contributed by atoms with E-state index in [2.05, 4.69) is 25.6 Å². The lowest BCUT2D eigenvalue weighted by atomic mass is 9.74. The summed E-state index contributed by atoms with van der Waals surface area (Å²) < 4.78 is 26.6. The molecule has 0 unspecified atom stereocenters. The van der Waals surface area contributed by atoms with Crippen LogP contribution in [0.5, 0.6) is 5.75 Å². The van der Waals surface area contributed by atoms with Crippen molar-refractivity contribution in [1.29, 1.82) is 0 Å². The molecule has 31 heavy (non-hydrogen) atoms. The zero-order valence-corrected chi connectivity index (χ0v) is 18.2. The fourth-order valence-corrected chi connectivity index (χ4v) is 4.44. The van der Waals surface area contributed by atoms with Crippen molar-refractivity contribution in [2.24, 2.45) is 5.92 Å². The molecule has 1 saturated heterocycles. The van der Waals surface area contributed by atoms with Gasteiger partial charge in [-0.1, -0.05) is 74.4 Å². The van der Waals surface area contributed by atoms with Gasteiger partial charge < -0.3 is 14.6 Å². The third-order valence-electron chi connectivity index (χ3n) is 5.99. The van der Waals surface area contributed by atoms with E-state index >= 15 is 0 Å². The van der Waals surface area contributed by atoms with Crippen LogP contribution in [0.4, 0.5) is 4.39 Å². The normalized spacial score (nSPS) is 23.3. The zero-order chi connectivity index (χ0) is 22.4. The molecule has 1 N–H and O–H groups in total. The number of hydrogen-bond acceptors (Lipinski definition) is 3. The van der Waals surface area contributed by atoms with Gasteiger partial charge in [0.25, 0.3) is 0 Å². The van der Waals surface area contributed by atoms with Crippen LogP contribution in [0.3, 0.4) is 0 Å². The Morgan fingerprint density at radius 3 is 2.61 bits per heavy atom. The second-order valence-corrected chi connectivity index (χ2v) is 8.28. The lowest BCUT2D eigenvalue weighted by Crippen LogP contribution is -2.36. The van der Waals surface area contributed by atoms with E-state index < -0.39 is 24.5 Å². The molecule has 1 fully saturated rings. The molecule has 0 spiro atoms. The Balaban J connectivity index is 1.99. The van der Waals surface area contributed by atoms with E-state index in [1.807, 2.05) is 25.1 Å². The SMILES string of the molecule is C=C(C)[C@H]1C[C@H](c2ccccc2)[C@H](CCCC)O[C@@H]1c1cccc(F)c1OCC(=O)O. The van der Waals surface area contributed by atoms with E-state index in [1.165, 1.54) is 11.6 Å². The summed E-state index contributed by atoms with van der Waals surface area (Å²) in [5.41, 5.74) is 2.73. The highest BCUT2D eigenvalue weighted by molar-refractivity contribution is 5.68. The van der Waals surface area contributed by atoms with E-state index in [0.717, 1.165) is 31.3 Å². The molecule has 1 heterocycles. The van der Waals surface area contributed by atoms with Crippen LogP contribution in [0.2, 0.25) is 0 Å². The first kappa shape index (κ1) is 23.0. The van der Waals surface area contributed by atoms with Crippen LogP contribution in [-0.4, -0.2) is 23.8 Å². The van der Waals surface area contributed by atoms with Crippen LogP contribution in [0.15, 0.2) is 60.7 Å². The Bertz CT molecular complexity index is 896. The molecule has 1 aliphatic heterocycles. The molecule has 0 saturated carbocycles. The van der Waals surface area contributed by atoms with Gasteiger partial charge in [-0.15, -0.1) is 0 Å². The Hall–Kier alpha value is -2.66. The Morgan fingerprint density at radius 1 is 1.23 bits per heavy atom.